The van der Waals surface area contributed by atoms with Crippen LogP contribution in [0.5, 0.6) is 0 Å². The first-order chi connectivity index (χ1) is 12.8. The van der Waals surface area contributed by atoms with Crippen LogP contribution in [0.4, 0.5) is 11.5 Å². The van der Waals surface area contributed by atoms with Gasteiger partial charge in [0.25, 0.3) is 0 Å². The number of nitrogens with one attached hydrogen (secondary N) is 1. The fraction of sp³-hybridized carbons (Fsp3) is 0.667. The van der Waals surface area contributed by atoms with Gasteiger partial charge in [0.05, 0.1) is 11.9 Å². The summed E-state index contributed by atoms with van der Waals surface area (Å²) in [6.07, 6.45) is 9.33. The van der Waals surface area contributed by atoms with Crippen LogP contribution in [0.2, 0.25) is 0 Å². The second-order valence-corrected chi connectivity index (χ2v) is 8.96. The molecule has 0 radical (unpaired) electrons. The molecule has 2 atom stereocenters. The Morgan fingerprint density at radius 3 is 2.74 bits per heavy atom. The lowest BCUT2D eigenvalue weighted by molar-refractivity contribution is -0.147. The van der Waals surface area contributed by atoms with Crippen molar-refractivity contribution in [1.82, 2.24) is 9.88 Å². The van der Waals surface area contributed by atoms with Gasteiger partial charge < -0.3 is 16.0 Å². The summed E-state index contributed by atoms with van der Waals surface area (Å²) < 4.78 is 0. The molecule has 2 heterocycles. The fourth-order valence-corrected chi connectivity index (χ4v) is 4.75. The van der Waals surface area contributed by atoms with Crippen LogP contribution in [0.25, 0.3) is 0 Å². The highest BCUT2D eigenvalue weighted by molar-refractivity contribution is 6.39. The molecular weight excluding hydrogens is 340 g/mol. The minimum absolute atomic E-state index is 0.183. The highest BCUT2D eigenvalue weighted by Crippen LogP contribution is 2.42. The average Bonchev–Trinajstić information content (AvgIpc) is 2.63. The predicted octanol–water partition coefficient (Wildman–Crippen LogP) is 3.51. The number of amides is 2. The molecule has 2 fully saturated rings. The van der Waals surface area contributed by atoms with Crippen molar-refractivity contribution in [3.05, 3.63) is 17.8 Å². The van der Waals surface area contributed by atoms with Crippen molar-refractivity contribution in [3.63, 3.8) is 0 Å². The molecule has 2 aliphatic rings. The Labute approximate surface area is 161 Å². The second kappa shape index (κ2) is 7.87. The van der Waals surface area contributed by atoms with E-state index in [1.807, 2.05) is 11.8 Å². The van der Waals surface area contributed by atoms with E-state index in [1.165, 1.54) is 19.0 Å². The van der Waals surface area contributed by atoms with Crippen molar-refractivity contribution in [3.8, 4) is 0 Å². The van der Waals surface area contributed by atoms with E-state index >= 15 is 0 Å². The summed E-state index contributed by atoms with van der Waals surface area (Å²) in [5.41, 5.74) is 7.33. The Kier molecular flexibility index (Phi) is 5.72. The number of carbonyl (C=O) groups excluding carboxylic acids is 2. The number of carbonyl (C=O) groups is 2. The Balaban J connectivity index is 1.70. The lowest BCUT2D eigenvalue weighted by Crippen LogP contribution is -2.52. The van der Waals surface area contributed by atoms with Crippen LogP contribution in [-0.2, 0) is 9.59 Å². The molecule has 1 aliphatic heterocycles. The molecule has 2 amide bonds. The maximum absolute atomic E-state index is 12.9. The molecule has 6 heteroatoms. The first-order valence-corrected chi connectivity index (χ1v) is 10.1. The minimum Gasteiger partial charge on any atom is -0.383 e. The molecule has 27 heavy (non-hydrogen) atoms. The molecule has 1 aromatic rings. The predicted molar refractivity (Wildman–Crippen MR) is 107 cm³/mol. The van der Waals surface area contributed by atoms with E-state index in [1.54, 1.807) is 6.07 Å². The molecule has 0 aromatic carbocycles. The number of hydrogen-bond donors (Lipinski definition) is 2. The van der Waals surface area contributed by atoms with E-state index in [-0.39, 0.29) is 6.04 Å². The van der Waals surface area contributed by atoms with Gasteiger partial charge in [-0.25, -0.2) is 4.98 Å². The summed E-state index contributed by atoms with van der Waals surface area (Å²) in [4.78, 5) is 31.4. The third-order valence-electron chi connectivity index (χ3n) is 6.17. The molecule has 6 nitrogen and oxygen atoms in total. The zero-order valence-corrected chi connectivity index (χ0v) is 16.8. The van der Waals surface area contributed by atoms with Gasteiger partial charge in [-0.2, -0.15) is 0 Å². The number of aryl methyl sites for hydroxylation is 1. The minimum atomic E-state index is -0.581. The van der Waals surface area contributed by atoms with E-state index in [4.69, 9.17) is 5.73 Å². The standard InChI is InChI=1S/C21H32N4O2/c1-14-11-16(13-23-18(14)22)24-19(26)20(27)25-10-5-4-8-17(25)15-7-6-9-21(2,3)12-15/h11,13,15,17H,4-10,12H2,1-3H3,(H2,22,23)(H,24,26)/t15-,17-/m0/s1. The number of nitrogens with zero attached hydrogens (tertiary/aromatic N) is 2. The van der Waals surface area contributed by atoms with Crippen molar-refractivity contribution in [2.24, 2.45) is 11.3 Å². The highest BCUT2D eigenvalue weighted by Gasteiger charge is 2.39. The molecule has 148 valence electrons. The van der Waals surface area contributed by atoms with Gasteiger partial charge >= 0.3 is 11.8 Å². The molecule has 1 aromatic heterocycles. The number of pyridine rings is 1. The maximum Gasteiger partial charge on any atom is 0.313 e. The first kappa shape index (κ1) is 19.6. The summed E-state index contributed by atoms with van der Waals surface area (Å²) in [6, 6.07) is 1.92. The van der Waals surface area contributed by atoms with E-state index in [2.05, 4.69) is 24.1 Å². The number of rotatable bonds is 2. The van der Waals surface area contributed by atoms with Crippen molar-refractivity contribution in [1.29, 1.82) is 0 Å². The second-order valence-electron chi connectivity index (χ2n) is 8.96. The van der Waals surface area contributed by atoms with Crippen molar-refractivity contribution in [2.45, 2.75) is 71.8 Å². The third-order valence-corrected chi connectivity index (χ3v) is 6.17. The Morgan fingerprint density at radius 1 is 1.26 bits per heavy atom. The lowest BCUT2D eigenvalue weighted by Gasteiger charge is -2.45. The maximum atomic E-state index is 12.9. The van der Waals surface area contributed by atoms with Crippen LogP contribution in [-0.4, -0.2) is 34.3 Å². The van der Waals surface area contributed by atoms with Crippen LogP contribution < -0.4 is 11.1 Å². The zero-order chi connectivity index (χ0) is 19.6. The Morgan fingerprint density at radius 2 is 2.04 bits per heavy atom. The lowest BCUT2D eigenvalue weighted by atomic mass is 9.68. The van der Waals surface area contributed by atoms with Crippen LogP contribution in [0, 0.1) is 18.3 Å². The van der Waals surface area contributed by atoms with Gasteiger partial charge in [0, 0.05) is 12.6 Å². The number of anilines is 2. The van der Waals surface area contributed by atoms with Crippen molar-refractivity contribution in [2.75, 3.05) is 17.6 Å². The number of nitrogen functional groups attached to an aromatic ring is 1. The SMILES string of the molecule is Cc1cc(NC(=O)C(=O)N2CCCC[C@H]2[C@H]2CCCC(C)(C)C2)cnc1N. The largest absolute Gasteiger partial charge is 0.383 e. The van der Waals surface area contributed by atoms with Crippen molar-refractivity contribution < 1.29 is 9.59 Å². The van der Waals surface area contributed by atoms with Crippen LogP contribution in [0.15, 0.2) is 12.3 Å². The summed E-state index contributed by atoms with van der Waals surface area (Å²) >= 11 is 0. The van der Waals surface area contributed by atoms with Crippen LogP contribution in [0.3, 0.4) is 0 Å². The molecule has 3 N–H and O–H groups in total. The van der Waals surface area contributed by atoms with Gasteiger partial charge in [-0.1, -0.05) is 20.3 Å². The van der Waals surface area contributed by atoms with Gasteiger partial charge in [0.1, 0.15) is 5.82 Å². The molecule has 0 spiro atoms. The molecule has 0 bridgehead atoms. The van der Waals surface area contributed by atoms with Crippen LogP contribution in [0.1, 0.15) is 64.4 Å². The average molecular weight is 373 g/mol. The summed E-state index contributed by atoms with van der Waals surface area (Å²) in [7, 11) is 0. The van der Waals surface area contributed by atoms with Gasteiger partial charge in [-0.15, -0.1) is 0 Å². The van der Waals surface area contributed by atoms with E-state index < -0.39 is 11.8 Å². The molecule has 1 saturated heterocycles. The van der Waals surface area contributed by atoms with Crippen LogP contribution >= 0.6 is 0 Å². The summed E-state index contributed by atoms with van der Waals surface area (Å²) in [5, 5.41) is 2.70. The summed E-state index contributed by atoms with van der Waals surface area (Å²) in [6.45, 7) is 7.13. The topological polar surface area (TPSA) is 88.3 Å². The van der Waals surface area contributed by atoms with E-state index in [0.717, 1.165) is 37.7 Å². The van der Waals surface area contributed by atoms with Gasteiger partial charge in [0.15, 0.2) is 0 Å². The Hall–Kier alpha value is -2.11. The first-order valence-electron chi connectivity index (χ1n) is 10.1. The van der Waals surface area contributed by atoms with E-state index in [0.29, 0.717) is 29.4 Å². The third kappa shape index (κ3) is 4.60. The zero-order valence-electron chi connectivity index (χ0n) is 16.8. The summed E-state index contributed by atoms with van der Waals surface area (Å²) in [5.74, 6) is -0.0814. The molecule has 1 saturated carbocycles. The molecule has 3 rings (SSSR count). The number of aromatic nitrogens is 1. The molecular formula is C21H32N4O2. The number of hydrogen-bond acceptors (Lipinski definition) is 4. The Bertz CT molecular complexity index is 716. The smallest absolute Gasteiger partial charge is 0.313 e. The molecule has 1 aliphatic carbocycles. The number of piperidine rings is 1. The van der Waals surface area contributed by atoms with Crippen molar-refractivity contribution >= 4 is 23.3 Å². The van der Waals surface area contributed by atoms with E-state index in [9.17, 15) is 9.59 Å². The van der Waals surface area contributed by atoms with Gasteiger partial charge in [0.2, 0.25) is 0 Å². The van der Waals surface area contributed by atoms with Gasteiger partial charge in [-0.3, -0.25) is 9.59 Å². The molecule has 0 unspecified atom stereocenters. The number of nitrogens with two attached hydrogens (primary N) is 1. The monoisotopic (exact) mass is 372 g/mol. The van der Waals surface area contributed by atoms with Gasteiger partial charge in [-0.05, 0) is 68.4 Å². The fourth-order valence-electron chi connectivity index (χ4n) is 4.75. The number of likely N-dealkylation sites (tertiary alicyclic amines) is 1. The highest BCUT2D eigenvalue weighted by atomic mass is 16.2. The quantitative estimate of drug-likeness (QED) is 0.778. The normalized spacial score (nSPS) is 25.1.